The van der Waals surface area contributed by atoms with Gasteiger partial charge < -0.3 is 14.2 Å². The van der Waals surface area contributed by atoms with E-state index in [1.54, 1.807) is 0 Å². The van der Waals surface area contributed by atoms with E-state index in [1.807, 2.05) is 26.0 Å². The maximum Gasteiger partial charge on any atom is 0.162 e. The van der Waals surface area contributed by atoms with Crippen LogP contribution in [-0.4, -0.2) is 25.9 Å². The molecular weight excluding hydrogens is 344 g/mol. The van der Waals surface area contributed by atoms with Gasteiger partial charge in [-0.05, 0) is 38.3 Å². The molecular formula is C15H20BrClO3. The van der Waals surface area contributed by atoms with E-state index in [0.717, 1.165) is 30.8 Å². The molecule has 3 nitrogen and oxygen atoms in total. The highest BCUT2D eigenvalue weighted by molar-refractivity contribution is 9.09. The molecule has 1 aliphatic rings. The first-order chi connectivity index (χ1) is 9.67. The summed E-state index contributed by atoms with van der Waals surface area (Å²) >= 11 is 10.1. The lowest BCUT2D eigenvalue weighted by molar-refractivity contribution is 0.110. The molecule has 0 saturated carbocycles. The highest BCUT2D eigenvalue weighted by atomic mass is 79.9. The molecule has 112 valence electrons. The maximum absolute atomic E-state index is 6.39. The second-order valence-corrected chi connectivity index (χ2v) is 6.03. The van der Waals surface area contributed by atoms with Crippen molar-refractivity contribution in [2.24, 2.45) is 0 Å². The predicted molar refractivity (Wildman–Crippen MR) is 84.4 cm³/mol. The fraction of sp³-hybridized carbons (Fsp3) is 0.600. The number of hydrogen-bond acceptors (Lipinski definition) is 3. The van der Waals surface area contributed by atoms with Crippen molar-refractivity contribution in [3.8, 4) is 11.5 Å². The molecule has 1 aromatic carbocycles. The number of halogens is 2. The Morgan fingerprint density at radius 2 is 1.95 bits per heavy atom. The van der Waals surface area contributed by atoms with Crippen molar-refractivity contribution in [3.63, 3.8) is 0 Å². The molecule has 0 aromatic heterocycles. The Hall–Kier alpha value is -0.450. The van der Waals surface area contributed by atoms with Gasteiger partial charge in [0.15, 0.2) is 11.5 Å². The number of ether oxygens (including phenoxy) is 3. The van der Waals surface area contributed by atoms with Crippen molar-refractivity contribution in [1.29, 1.82) is 0 Å². The summed E-state index contributed by atoms with van der Waals surface area (Å²) in [6, 6.07) is 3.78. The molecule has 1 fully saturated rings. The van der Waals surface area contributed by atoms with Crippen LogP contribution in [0.5, 0.6) is 11.5 Å². The molecule has 2 unspecified atom stereocenters. The molecule has 1 aliphatic heterocycles. The summed E-state index contributed by atoms with van der Waals surface area (Å²) in [5, 5.41) is 0.675. The number of hydrogen-bond donors (Lipinski definition) is 0. The fourth-order valence-corrected chi connectivity index (χ4v) is 3.53. The number of benzene rings is 1. The summed E-state index contributed by atoms with van der Waals surface area (Å²) in [7, 11) is 0. The Kier molecular flexibility index (Phi) is 6.00. The summed E-state index contributed by atoms with van der Waals surface area (Å²) in [5.74, 6) is 1.42. The van der Waals surface area contributed by atoms with Gasteiger partial charge in [0.05, 0.1) is 24.1 Å². The van der Waals surface area contributed by atoms with Crippen molar-refractivity contribution in [2.45, 2.75) is 37.6 Å². The average Bonchev–Trinajstić information content (AvgIpc) is 2.95. The summed E-state index contributed by atoms with van der Waals surface area (Å²) < 4.78 is 17.0. The van der Waals surface area contributed by atoms with Crippen LogP contribution in [0.2, 0.25) is 5.02 Å². The van der Waals surface area contributed by atoms with Gasteiger partial charge in [0, 0.05) is 17.7 Å². The van der Waals surface area contributed by atoms with Crippen molar-refractivity contribution in [3.05, 3.63) is 22.7 Å². The Bertz CT molecular complexity index is 447. The highest BCUT2D eigenvalue weighted by Gasteiger charge is 2.27. The predicted octanol–water partition coefficient (Wildman–Crippen LogP) is 4.75. The summed E-state index contributed by atoms with van der Waals surface area (Å²) in [5.41, 5.74) is 0.991. The molecule has 0 bridgehead atoms. The molecule has 0 spiro atoms. The highest BCUT2D eigenvalue weighted by Crippen LogP contribution is 2.42. The summed E-state index contributed by atoms with van der Waals surface area (Å²) in [6.07, 6.45) is 2.31. The number of rotatable bonds is 6. The standard InChI is InChI=1S/C15H20BrClO3/c1-3-18-13-8-10(11(17)9-14(13)19-4-2)15(16)12-6-5-7-20-12/h8-9,12,15H,3-7H2,1-2H3. The van der Waals surface area contributed by atoms with Gasteiger partial charge >= 0.3 is 0 Å². The van der Waals surface area contributed by atoms with Crippen LogP contribution in [0.3, 0.4) is 0 Å². The van der Waals surface area contributed by atoms with E-state index in [1.165, 1.54) is 0 Å². The molecule has 20 heavy (non-hydrogen) atoms. The van der Waals surface area contributed by atoms with E-state index in [0.29, 0.717) is 24.0 Å². The molecule has 2 rings (SSSR count). The first-order valence-corrected chi connectivity index (χ1v) is 8.31. The van der Waals surface area contributed by atoms with Gasteiger partial charge in [-0.2, -0.15) is 0 Å². The summed E-state index contributed by atoms with van der Waals surface area (Å²) in [4.78, 5) is 0.0763. The van der Waals surface area contributed by atoms with Crippen LogP contribution < -0.4 is 9.47 Å². The van der Waals surface area contributed by atoms with E-state index in [-0.39, 0.29) is 10.9 Å². The van der Waals surface area contributed by atoms with E-state index < -0.39 is 0 Å². The van der Waals surface area contributed by atoms with Gasteiger partial charge in [0.25, 0.3) is 0 Å². The zero-order valence-corrected chi connectivity index (χ0v) is 14.2. The monoisotopic (exact) mass is 362 g/mol. The third-order valence-electron chi connectivity index (χ3n) is 3.25. The molecule has 2 atom stereocenters. The third-order valence-corrected chi connectivity index (χ3v) is 4.66. The first-order valence-electron chi connectivity index (χ1n) is 7.02. The van der Waals surface area contributed by atoms with E-state index in [9.17, 15) is 0 Å². The summed E-state index contributed by atoms with van der Waals surface area (Å²) in [6.45, 7) is 5.89. The average molecular weight is 364 g/mol. The Morgan fingerprint density at radius 1 is 1.30 bits per heavy atom. The van der Waals surface area contributed by atoms with Crippen molar-refractivity contribution >= 4 is 27.5 Å². The SMILES string of the molecule is CCOc1cc(Cl)c(C(Br)C2CCCO2)cc1OCC. The zero-order chi connectivity index (χ0) is 14.5. The molecule has 1 aromatic rings. The van der Waals surface area contributed by atoms with E-state index in [4.69, 9.17) is 25.8 Å². The van der Waals surface area contributed by atoms with Gasteiger partial charge in [-0.15, -0.1) is 0 Å². The molecule has 1 heterocycles. The maximum atomic E-state index is 6.39. The molecule has 0 aliphatic carbocycles. The van der Waals surface area contributed by atoms with E-state index >= 15 is 0 Å². The fourth-order valence-electron chi connectivity index (χ4n) is 2.33. The third kappa shape index (κ3) is 3.60. The second kappa shape index (κ2) is 7.53. The van der Waals surface area contributed by atoms with Crippen LogP contribution in [0.1, 0.15) is 37.1 Å². The topological polar surface area (TPSA) is 27.7 Å². The van der Waals surface area contributed by atoms with Gasteiger partial charge in [0.1, 0.15) is 0 Å². The molecule has 0 amide bonds. The van der Waals surface area contributed by atoms with Crippen LogP contribution in [0.4, 0.5) is 0 Å². The van der Waals surface area contributed by atoms with Gasteiger partial charge in [-0.25, -0.2) is 0 Å². The van der Waals surface area contributed by atoms with E-state index in [2.05, 4.69) is 15.9 Å². The van der Waals surface area contributed by atoms with Crippen LogP contribution in [-0.2, 0) is 4.74 Å². The second-order valence-electron chi connectivity index (χ2n) is 4.64. The van der Waals surface area contributed by atoms with Crippen LogP contribution >= 0.6 is 27.5 Å². The van der Waals surface area contributed by atoms with Gasteiger partial charge in [0.2, 0.25) is 0 Å². The Balaban J connectivity index is 2.29. The van der Waals surface area contributed by atoms with Crippen molar-refractivity contribution < 1.29 is 14.2 Å². The van der Waals surface area contributed by atoms with Gasteiger partial charge in [-0.3, -0.25) is 0 Å². The minimum Gasteiger partial charge on any atom is -0.490 e. The molecule has 1 saturated heterocycles. The normalized spacial score (nSPS) is 19.9. The van der Waals surface area contributed by atoms with Crippen LogP contribution in [0, 0.1) is 0 Å². The molecule has 5 heteroatoms. The Morgan fingerprint density at radius 3 is 2.50 bits per heavy atom. The van der Waals surface area contributed by atoms with Gasteiger partial charge in [-0.1, -0.05) is 27.5 Å². The molecule has 0 radical (unpaired) electrons. The lowest BCUT2D eigenvalue weighted by Gasteiger charge is -2.20. The number of alkyl halides is 1. The lowest BCUT2D eigenvalue weighted by atomic mass is 10.0. The van der Waals surface area contributed by atoms with Crippen LogP contribution in [0.15, 0.2) is 12.1 Å². The first kappa shape index (κ1) is 15.9. The largest absolute Gasteiger partial charge is 0.490 e. The van der Waals surface area contributed by atoms with Crippen LogP contribution in [0.25, 0.3) is 0 Å². The smallest absolute Gasteiger partial charge is 0.162 e. The lowest BCUT2D eigenvalue weighted by Crippen LogP contribution is -2.13. The minimum absolute atomic E-state index is 0.0763. The van der Waals surface area contributed by atoms with Crippen molar-refractivity contribution in [1.82, 2.24) is 0 Å². The zero-order valence-electron chi connectivity index (χ0n) is 11.8. The Labute approximate surface area is 133 Å². The van der Waals surface area contributed by atoms with Crippen molar-refractivity contribution in [2.75, 3.05) is 19.8 Å². The molecule has 0 N–H and O–H groups in total. The minimum atomic E-state index is 0.0763. The quantitative estimate of drug-likeness (QED) is 0.682.